The number of hydrogen-bond acceptors (Lipinski definition) is 3. The van der Waals surface area contributed by atoms with E-state index in [1.54, 1.807) is 12.1 Å². The Balaban J connectivity index is 1.42. The maximum absolute atomic E-state index is 12.3. The highest BCUT2D eigenvalue weighted by Gasteiger charge is 2.06. The molecule has 0 aliphatic carbocycles. The van der Waals surface area contributed by atoms with E-state index in [1.807, 2.05) is 60.7 Å². The predicted octanol–water partition coefficient (Wildman–Crippen LogP) is 4.12. The number of rotatable bonds is 9. The van der Waals surface area contributed by atoms with Crippen LogP contribution < -0.4 is 14.8 Å². The third-order valence-corrected chi connectivity index (χ3v) is 4.00. The molecule has 0 aliphatic rings. The standard InChI is InChI=1S/C23H23NO3/c25-23(24-15-14-19-8-3-1-4-9-19)20-10-7-13-22(18-20)27-17-16-26-21-11-5-2-6-12-21/h1-13,18H,14-17H2,(H,24,25). The first-order valence-electron chi connectivity index (χ1n) is 9.04. The van der Waals surface area contributed by atoms with Crippen LogP contribution in [0.2, 0.25) is 0 Å². The van der Waals surface area contributed by atoms with Crippen molar-refractivity contribution in [3.8, 4) is 11.5 Å². The third kappa shape index (κ3) is 6.19. The van der Waals surface area contributed by atoms with Crippen LogP contribution in [0.4, 0.5) is 0 Å². The summed E-state index contributed by atoms with van der Waals surface area (Å²) < 4.78 is 11.3. The first-order chi connectivity index (χ1) is 13.3. The highest BCUT2D eigenvalue weighted by molar-refractivity contribution is 5.94. The van der Waals surface area contributed by atoms with Gasteiger partial charge >= 0.3 is 0 Å². The van der Waals surface area contributed by atoms with E-state index in [4.69, 9.17) is 9.47 Å². The van der Waals surface area contributed by atoms with Gasteiger partial charge in [0, 0.05) is 12.1 Å². The normalized spacial score (nSPS) is 10.2. The van der Waals surface area contributed by atoms with Crippen LogP contribution >= 0.6 is 0 Å². The van der Waals surface area contributed by atoms with Crippen LogP contribution in [0.3, 0.4) is 0 Å². The van der Waals surface area contributed by atoms with E-state index in [0.29, 0.717) is 31.1 Å². The van der Waals surface area contributed by atoms with Crippen molar-refractivity contribution in [2.75, 3.05) is 19.8 Å². The van der Waals surface area contributed by atoms with Crippen molar-refractivity contribution in [2.45, 2.75) is 6.42 Å². The minimum Gasteiger partial charge on any atom is -0.490 e. The van der Waals surface area contributed by atoms with Crippen LogP contribution in [0, 0.1) is 0 Å². The smallest absolute Gasteiger partial charge is 0.251 e. The van der Waals surface area contributed by atoms with Gasteiger partial charge in [0.05, 0.1) is 0 Å². The van der Waals surface area contributed by atoms with Crippen molar-refractivity contribution < 1.29 is 14.3 Å². The predicted molar refractivity (Wildman–Crippen MR) is 106 cm³/mol. The Hall–Kier alpha value is -3.27. The number of amides is 1. The van der Waals surface area contributed by atoms with Crippen molar-refractivity contribution in [2.24, 2.45) is 0 Å². The van der Waals surface area contributed by atoms with Crippen molar-refractivity contribution in [3.63, 3.8) is 0 Å². The van der Waals surface area contributed by atoms with Gasteiger partial charge < -0.3 is 14.8 Å². The molecule has 0 fully saturated rings. The monoisotopic (exact) mass is 361 g/mol. The van der Waals surface area contributed by atoms with Gasteiger partial charge in [0.1, 0.15) is 24.7 Å². The maximum Gasteiger partial charge on any atom is 0.251 e. The number of benzene rings is 3. The first-order valence-corrected chi connectivity index (χ1v) is 9.04. The summed E-state index contributed by atoms with van der Waals surface area (Å²) in [6, 6.07) is 26.9. The molecule has 138 valence electrons. The third-order valence-electron chi connectivity index (χ3n) is 4.00. The zero-order valence-electron chi connectivity index (χ0n) is 15.1. The van der Waals surface area contributed by atoms with Gasteiger partial charge in [-0.05, 0) is 42.3 Å². The lowest BCUT2D eigenvalue weighted by molar-refractivity contribution is 0.0953. The van der Waals surface area contributed by atoms with Crippen molar-refractivity contribution in [1.82, 2.24) is 5.32 Å². The number of ether oxygens (including phenoxy) is 2. The molecule has 4 nitrogen and oxygen atoms in total. The Labute approximate surface area is 159 Å². The molecule has 0 spiro atoms. The van der Waals surface area contributed by atoms with E-state index in [2.05, 4.69) is 17.4 Å². The van der Waals surface area contributed by atoms with Crippen LogP contribution in [-0.2, 0) is 6.42 Å². The van der Waals surface area contributed by atoms with Crippen molar-refractivity contribution in [1.29, 1.82) is 0 Å². The summed E-state index contributed by atoms with van der Waals surface area (Å²) in [5.41, 5.74) is 1.79. The number of para-hydroxylation sites is 1. The molecule has 0 aliphatic heterocycles. The Kier molecular flexibility index (Phi) is 6.87. The lowest BCUT2D eigenvalue weighted by atomic mass is 10.1. The number of hydrogen-bond donors (Lipinski definition) is 1. The molecule has 0 bridgehead atoms. The van der Waals surface area contributed by atoms with E-state index in [1.165, 1.54) is 5.56 Å². The van der Waals surface area contributed by atoms with Crippen LogP contribution in [0.5, 0.6) is 11.5 Å². The fraction of sp³-hybridized carbons (Fsp3) is 0.174. The molecule has 3 aromatic carbocycles. The summed E-state index contributed by atoms with van der Waals surface area (Å²) in [7, 11) is 0. The lowest BCUT2D eigenvalue weighted by Gasteiger charge is -2.10. The molecule has 0 atom stereocenters. The molecule has 1 N–H and O–H groups in total. The fourth-order valence-electron chi connectivity index (χ4n) is 2.63. The largest absolute Gasteiger partial charge is 0.490 e. The van der Waals surface area contributed by atoms with E-state index in [9.17, 15) is 4.79 Å². The van der Waals surface area contributed by atoms with E-state index in [0.717, 1.165) is 12.2 Å². The summed E-state index contributed by atoms with van der Waals surface area (Å²) in [4.78, 5) is 12.3. The molecule has 4 heteroatoms. The van der Waals surface area contributed by atoms with Crippen molar-refractivity contribution >= 4 is 5.91 Å². The Bertz CT molecular complexity index is 835. The molecular formula is C23H23NO3. The lowest BCUT2D eigenvalue weighted by Crippen LogP contribution is -2.25. The number of carbonyl (C=O) groups is 1. The minimum atomic E-state index is -0.100. The van der Waals surface area contributed by atoms with E-state index < -0.39 is 0 Å². The molecule has 1 amide bonds. The van der Waals surface area contributed by atoms with Gasteiger partial charge in [0.2, 0.25) is 0 Å². The fourth-order valence-corrected chi connectivity index (χ4v) is 2.63. The van der Waals surface area contributed by atoms with Gasteiger partial charge in [-0.25, -0.2) is 0 Å². The molecular weight excluding hydrogens is 338 g/mol. The van der Waals surface area contributed by atoms with Gasteiger partial charge in [-0.1, -0.05) is 54.6 Å². The molecule has 0 radical (unpaired) electrons. The summed E-state index contributed by atoms with van der Waals surface area (Å²) in [6.07, 6.45) is 0.805. The Morgan fingerprint density at radius 2 is 1.37 bits per heavy atom. The molecule has 0 aromatic heterocycles. The van der Waals surface area contributed by atoms with Crippen LogP contribution in [0.1, 0.15) is 15.9 Å². The maximum atomic E-state index is 12.3. The van der Waals surface area contributed by atoms with Crippen LogP contribution in [0.15, 0.2) is 84.9 Å². The SMILES string of the molecule is O=C(NCCc1ccccc1)c1cccc(OCCOc2ccccc2)c1. The molecule has 27 heavy (non-hydrogen) atoms. The summed E-state index contributed by atoms with van der Waals surface area (Å²) >= 11 is 0. The quantitative estimate of drug-likeness (QED) is 0.583. The molecule has 3 rings (SSSR count). The second-order valence-corrected chi connectivity index (χ2v) is 6.03. The number of carbonyl (C=O) groups excluding carboxylic acids is 1. The Morgan fingerprint density at radius 1 is 0.741 bits per heavy atom. The molecule has 0 saturated carbocycles. The average Bonchev–Trinajstić information content (AvgIpc) is 2.73. The summed E-state index contributed by atoms with van der Waals surface area (Å²) in [5, 5.41) is 2.94. The first kappa shape index (κ1) is 18.5. The average molecular weight is 361 g/mol. The molecule has 0 saturated heterocycles. The summed E-state index contributed by atoms with van der Waals surface area (Å²) in [5.74, 6) is 1.37. The van der Waals surface area contributed by atoms with E-state index >= 15 is 0 Å². The zero-order chi connectivity index (χ0) is 18.7. The van der Waals surface area contributed by atoms with Gasteiger partial charge in [-0.15, -0.1) is 0 Å². The molecule has 0 heterocycles. The topological polar surface area (TPSA) is 47.6 Å². The Morgan fingerprint density at radius 3 is 2.11 bits per heavy atom. The van der Waals surface area contributed by atoms with Gasteiger partial charge in [0.15, 0.2) is 0 Å². The van der Waals surface area contributed by atoms with Crippen LogP contribution in [-0.4, -0.2) is 25.7 Å². The van der Waals surface area contributed by atoms with Gasteiger partial charge in [0.25, 0.3) is 5.91 Å². The number of nitrogens with one attached hydrogen (secondary N) is 1. The molecule has 0 unspecified atom stereocenters. The zero-order valence-corrected chi connectivity index (χ0v) is 15.1. The second kappa shape index (κ2) is 10.0. The van der Waals surface area contributed by atoms with E-state index in [-0.39, 0.29) is 5.91 Å². The van der Waals surface area contributed by atoms with Gasteiger partial charge in [-0.2, -0.15) is 0 Å². The second-order valence-electron chi connectivity index (χ2n) is 6.03. The summed E-state index contributed by atoms with van der Waals surface area (Å²) in [6.45, 7) is 1.45. The van der Waals surface area contributed by atoms with Crippen LogP contribution in [0.25, 0.3) is 0 Å². The van der Waals surface area contributed by atoms with Gasteiger partial charge in [-0.3, -0.25) is 4.79 Å². The highest BCUT2D eigenvalue weighted by Crippen LogP contribution is 2.14. The minimum absolute atomic E-state index is 0.100. The van der Waals surface area contributed by atoms with Crippen molar-refractivity contribution in [3.05, 3.63) is 96.1 Å². The highest BCUT2D eigenvalue weighted by atomic mass is 16.5. The molecule has 3 aromatic rings.